The predicted molar refractivity (Wildman–Crippen MR) is 127 cm³/mol. The van der Waals surface area contributed by atoms with Gasteiger partial charge in [0.25, 0.3) is 5.78 Å². The van der Waals surface area contributed by atoms with Gasteiger partial charge < -0.3 is 5.11 Å². The summed E-state index contributed by atoms with van der Waals surface area (Å²) in [7, 11) is 0. The van der Waals surface area contributed by atoms with Crippen molar-refractivity contribution in [2.45, 2.75) is 19.9 Å². The van der Waals surface area contributed by atoms with Crippen LogP contribution in [0.3, 0.4) is 0 Å². The summed E-state index contributed by atoms with van der Waals surface area (Å²) in [4.78, 5) is 32.5. The lowest BCUT2D eigenvalue weighted by molar-refractivity contribution is -0.132. The molecule has 1 amide bonds. The minimum absolute atomic E-state index is 0.0510. The number of anilines is 1. The third kappa shape index (κ3) is 3.50. The number of rotatable bonds is 3. The Morgan fingerprint density at radius 1 is 1.03 bits per heavy atom. The van der Waals surface area contributed by atoms with Crippen molar-refractivity contribution in [3.8, 4) is 0 Å². The van der Waals surface area contributed by atoms with Gasteiger partial charge in [-0.25, -0.2) is 9.37 Å². The molecule has 33 heavy (non-hydrogen) atoms. The van der Waals surface area contributed by atoms with Gasteiger partial charge in [0.2, 0.25) is 0 Å². The van der Waals surface area contributed by atoms with Crippen molar-refractivity contribution in [1.29, 1.82) is 0 Å². The highest BCUT2D eigenvalue weighted by Gasteiger charge is 2.48. The second-order valence-corrected chi connectivity index (χ2v) is 9.02. The second kappa shape index (κ2) is 7.94. The van der Waals surface area contributed by atoms with Crippen LogP contribution in [0, 0.1) is 19.7 Å². The van der Waals surface area contributed by atoms with E-state index in [9.17, 15) is 19.1 Å². The number of hydrogen-bond acceptors (Lipinski definition) is 5. The van der Waals surface area contributed by atoms with Gasteiger partial charge in [-0.1, -0.05) is 47.7 Å². The van der Waals surface area contributed by atoms with E-state index in [1.54, 1.807) is 24.3 Å². The third-order valence-electron chi connectivity index (χ3n) is 5.70. The minimum atomic E-state index is -0.863. The average Bonchev–Trinajstić information content (AvgIpc) is 3.33. The topological polar surface area (TPSA) is 70.5 Å². The van der Waals surface area contributed by atoms with E-state index in [4.69, 9.17) is 4.98 Å². The Hall–Kier alpha value is -3.84. The molecule has 2 heterocycles. The van der Waals surface area contributed by atoms with E-state index >= 15 is 0 Å². The van der Waals surface area contributed by atoms with Crippen molar-refractivity contribution >= 4 is 44.1 Å². The molecule has 0 spiro atoms. The maximum absolute atomic E-state index is 13.4. The van der Waals surface area contributed by atoms with Crippen LogP contribution in [0.25, 0.3) is 16.0 Å². The zero-order valence-electron chi connectivity index (χ0n) is 17.9. The Kier molecular flexibility index (Phi) is 5.06. The van der Waals surface area contributed by atoms with Crippen molar-refractivity contribution in [3.63, 3.8) is 0 Å². The standard InChI is InChI=1S/C26H19FN2O3S/c1-14-12-15(2)21-19(13-14)33-26(28-21)29-22(16-6-4-3-5-7-16)20(24(31)25(29)32)23(30)17-8-10-18(27)11-9-17/h3-13,22,30H,1-2H3/b23-20+/t22-/m0/s1. The molecular weight excluding hydrogens is 439 g/mol. The monoisotopic (exact) mass is 458 g/mol. The number of amides is 1. The van der Waals surface area contributed by atoms with Gasteiger partial charge in [-0.3, -0.25) is 14.5 Å². The SMILES string of the molecule is Cc1cc(C)c2nc(N3C(=O)C(=O)/C(=C(/O)c4ccc(F)cc4)[C@@H]3c3ccccc3)sc2c1. The molecule has 7 heteroatoms. The molecule has 0 aliphatic carbocycles. The first-order valence-corrected chi connectivity index (χ1v) is 11.2. The summed E-state index contributed by atoms with van der Waals surface area (Å²) >= 11 is 1.33. The lowest BCUT2D eigenvalue weighted by atomic mass is 9.95. The van der Waals surface area contributed by atoms with E-state index in [0.29, 0.717) is 10.7 Å². The lowest BCUT2D eigenvalue weighted by Gasteiger charge is -2.22. The summed E-state index contributed by atoms with van der Waals surface area (Å²) in [5.41, 5.74) is 3.69. The van der Waals surface area contributed by atoms with Gasteiger partial charge in [0.15, 0.2) is 5.13 Å². The van der Waals surface area contributed by atoms with E-state index in [0.717, 1.165) is 21.3 Å². The molecule has 3 aromatic carbocycles. The van der Waals surface area contributed by atoms with Crippen LogP contribution in [0.4, 0.5) is 9.52 Å². The molecule has 164 valence electrons. The van der Waals surface area contributed by atoms with E-state index in [1.165, 1.54) is 40.5 Å². The van der Waals surface area contributed by atoms with Crippen LogP contribution in [0.15, 0.2) is 72.3 Å². The molecule has 0 radical (unpaired) electrons. The number of hydrogen-bond donors (Lipinski definition) is 1. The number of carbonyl (C=O) groups excluding carboxylic acids is 2. The average molecular weight is 459 g/mol. The Bertz CT molecular complexity index is 1440. The largest absolute Gasteiger partial charge is 0.507 e. The van der Waals surface area contributed by atoms with Crippen molar-refractivity contribution < 1.29 is 19.1 Å². The molecule has 5 rings (SSSR count). The fourth-order valence-corrected chi connectivity index (χ4v) is 5.37. The first kappa shape index (κ1) is 21.0. The zero-order valence-corrected chi connectivity index (χ0v) is 18.7. The van der Waals surface area contributed by atoms with Crippen LogP contribution in [0.5, 0.6) is 0 Å². The summed E-state index contributed by atoms with van der Waals surface area (Å²) in [6.45, 7) is 3.95. The smallest absolute Gasteiger partial charge is 0.301 e. The third-order valence-corrected chi connectivity index (χ3v) is 6.70. The first-order valence-electron chi connectivity index (χ1n) is 10.3. The number of aromatic nitrogens is 1. The van der Waals surface area contributed by atoms with Crippen LogP contribution in [0.1, 0.15) is 28.3 Å². The van der Waals surface area contributed by atoms with Crippen LogP contribution in [-0.2, 0) is 9.59 Å². The molecule has 1 N–H and O–H groups in total. The Labute approximate surface area is 193 Å². The number of aliphatic hydroxyl groups excluding tert-OH is 1. The van der Waals surface area contributed by atoms with E-state index in [-0.39, 0.29) is 16.9 Å². The number of halogens is 1. The highest BCUT2D eigenvalue weighted by atomic mass is 32.1. The van der Waals surface area contributed by atoms with E-state index in [1.807, 2.05) is 32.0 Å². The van der Waals surface area contributed by atoms with Crippen molar-refractivity contribution in [1.82, 2.24) is 4.98 Å². The second-order valence-electron chi connectivity index (χ2n) is 8.01. The van der Waals surface area contributed by atoms with Gasteiger partial charge in [0.05, 0.1) is 21.8 Å². The van der Waals surface area contributed by atoms with E-state index < -0.39 is 23.5 Å². The van der Waals surface area contributed by atoms with Crippen LogP contribution in [0.2, 0.25) is 0 Å². The van der Waals surface area contributed by atoms with Crippen molar-refractivity contribution in [2.24, 2.45) is 0 Å². The predicted octanol–water partition coefficient (Wildman–Crippen LogP) is 5.68. The van der Waals surface area contributed by atoms with Gasteiger partial charge >= 0.3 is 5.91 Å². The molecule has 0 unspecified atom stereocenters. The number of nitrogens with zero attached hydrogens (tertiary/aromatic N) is 2. The minimum Gasteiger partial charge on any atom is -0.507 e. The van der Waals surface area contributed by atoms with Gasteiger partial charge in [-0.2, -0.15) is 0 Å². The fourth-order valence-electron chi connectivity index (χ4n) is 4.21. The van der Waals surface area contributed by atoms with Crippen molar-refractivity contribution in [2.75, 3.05) is 4.90 Å². The number of thiazole rings is 1. The molecule has 1 aliphatic rings. The van der Waals surface area contributed by atoms with Crippen LogP contribution >= 0.6 is 11.3 Å². The molecule has 5 nitrogen and oxygen atoms in total. The number of aliphatic hydroxyl groups is 1. The number of aryl methyl sites for hydroxylation is 2. The summed E-state index contributed by atoms with van der Waals surface area (Å²) in [5.74, 6) is -2.39. The van der Waals surface area contributed by atoms with E-state index in [2.05, 4.69) is 0 Å². The Balaban J connectivity index is 1.73. The summed E-state index contributed by atoms with van der Waals surface area (Å²) < 4.78 is 14.3. The number of Topliss-reactive ketones (excluding diaryl/α,β-unsaturated/α-hetero) is 1. The summed E-state index contributed by atoms with van der Waals surface area (Å²) in [6, 6.07) is 17.3. The molecule has 1 fully saturated rings. The van der Waals surface area contributed by atoms with Crippen LogP contribution < -0.4 is 4.90 Å². The highest BCUT2D eigenvalue weighted by molar-refractivity contribution is 7.22. The number of fused-ring (bicyclic) bond motifs is 1. The first-order chi connectivity index (χ1) is 15.8. The maximum atomic E-state index is 13.4. The number of carbonyl (C=O) groups is 2. The summed E-state index contributed by atoms with van der Waals surface area (Å²) in [5, 5.41) is 11.4. The fraction of sp³-hybridized carbons (Fsp3) is 0.115. The zero-order chi connectivity index (χ0) is 23.3. The number of benzene rings is 3. The molecule has 0 bridgehead atoms. The maximum Gasteiger partial charge on any atom is 0.301 e. The Morgan fingerprint density at radius 2 is 1.73 bits per heavy atom. The quantitative estimate of drug-likeness (QED) is 0.244. The van der Waals surface area contributed by atoms with Gasteiger partial charge in [-0.15, -0.1) is 0 Å². The van der Waals surface area contributed by atoms with Gasteiger partial charge in [-0.05, 0) is 60.9 Å². The molecule has 1 saturated heterocycles. The molecule has 0 saturated carbocycles. The molecule has 1 aliphatic heterocycles. The summed E-state index contributed by atoms with van der Waals surface area (Å²) in [6.07, 6.45) is 0. The van der Waals surface area contributed by atoms with Gasteiger partial charge in [0.1, 0.15) is 11.6 Å². The van der Waals surface area contributed by atoms with Gasteiger partial charge in [0, 0.05) is 5.56 Å². The van der Waals surface area contributed by atoms with Crippen molar-refractivity contribution in [3.05, 3.63) is 100 Å². The normalized spacial score (nSPS) is 17.8. The molecule has 1 atom stereocenters. The van der Waals surface area contributed by atoms with Crippen LogP contribution in [-0.4, -0.2) is 21.8 Å². The highest BCUT2D eigenvalue weighted by Crippen LogP contribution is 2.44. The lowest BCUT2D eigenvalue weighted by Crippen LogP contribution is -2.29. The Morgan fingerprint density at radius 3 is 2.42 bits per heavy atom. The number of ketones is 1. The molecule has 4 aromatic rings. The molecular formula is C26H19FN2O3S. The molecule has 1 aromatic heterocycles.